The molecule has 0 aromatic rings. The fraction of sp³-hybridized carbons (Fsp3) is 0.842. The Balaban J connectivity index is 0.00000196. The van der Waals surface area contributed by atoms with Gasteiger partial charge in [0.05, 0.1) is 11.8 Å². The van der Waals surface area contributed by atoms with Gasteiger partial charge in [-0.25, -0.2) is 0 Å². The number of carbonyl (C=O) groups is 3. The Morgan fingerprint density at radius 2 is 1.58 bits per heavy atom. The first-order valence-electron chi connectivity index (χ1n) is 9.91. The third-order valence-corrected chi connectivity index (χ3v) is 6.87. The number of likely N-dealkylation sites (tertiary alicyclic amines) is 1. The van der Waals surface area contributed by atoms with E-state index in [1.165, 1.54) is 17.7 Å². The van der Waals surface area contributed by atoms with Gasteiger partial charge in [-0.05, 0) is 38.5 Å². The maximum Gasteiger partial charge on any atom is 0.233 e. The molecule has 1 N–H and O–H groups in total. The topological polar surface area (TPSA) is 69.7 Å². The number of fused-ring (bicyclic) bond motifs is 3. The number of halogens is 1. The van der Waals surface area contributed by atoms with Gasteiger partial charge in [-0.2, -0.15) is 0 Å². The Hall–Kier alpha value is -1.14. The molecule has 146 valence electrons. The molecule has 7 heteroatoms. The molecule has 3 heterocycles. The second-order valence-corrected chi connectivity index (χ2v) is 8.34. The zero-order valence-corrected chi connectivity index (χ0v) is 16.3. The Kier molecular flexibility index (Phi) is 5.92. The van der Waals surface area contributed by atoms with Gasteiger partial charge >= 0.3 is 0 Å². The summed E-state index contributed by atoms with van der Waals surface area (Å²) in [5.74, 6) is -0.250. The van der Waals surface area contributed by atoms with Gasteiger partial charge in [0, 0.05) is 38.1 Å². The van der Waals surface area contributed by atoms with E-state index >= 15 is 0 Å². The molecule has 4 unspecified atom stereocenters. The summed E-state index contributed by atoms with van der Waals surface area (Å²) < 4.78 is 0. The van der Waals surface area contributed by atoms with Crippen molar-refractivity contribution in [3.05, 3.63) is 0 Å². The molecule has 4 fully saturated rings. The first-order chi connectivity index (χ1) is 12.0. The van der Waals surface area contributed by atoms with E-state index in [0.29, 0.717) is 18.1 Å². The number of piperidine rings is 1. The third-order valence-electron chi connectivity index (χ3n) is 6.87. The number of rotatable bonds is 4. The molecule has 0 aromatic carbocycles. The third kappa shape index (κ3) is 3.50. The number of imide groups is 1. The smallest absolute Gasteiger partial charge is 0.233 e. The molecular formula is C19H30ClN3O3. The summed E-state index contributed by atoms with van der Waals surface area (Å²) >= 11 is 0. The highest BCUT2D eigenvalue weighted by atomic mass is 35.5. The molecule has 1 aliphatic carbocycles. The Morgan fingerprint density at radius 1 is 1.04 bits per heavy atom. The van der Waals surface area contributed by atoms with Crippen LogP contribution in [-0.2, 0) is 14.4 Å². The minimum Gasteiger partial charge on any atom is -0.343 e. The van der Waals surface area contributed by atoms with Gasteiger partial charge in [0.25, 0.3) is 0 Å². The van der Waals surface area contributed by atoms with E-state index in [-0.39, 0.29) is 54.9 Å². The molecule has 4 aliphatic rings. The summed E-state index contributed by atoms with van der Waals surface area (Å²) in [6, 6.07) is 1.38. The average Bonchev–Trinajstić information content (AvgIpc) is 3.09. The molecule has 0 radical (unpaired) electrons. The zero-order chi connectivity index (χ0) is 17.6. The minimum atomic E-state index is -0.117. The Bertz CT molecular complexity index is 548. The van der Waals surface area contributed by atoms with Gasteiger partial charge in [-0.3, -0.25) is 19.3 Å². The van der Waals surface area contributed by atoms with E-state index in [4.69, 9.17) is 0 Å². The van der Waals surface area contributed by atoms with Crippen LogP contribution in [-0.4, -0.2) is 59.2 Å². The summed E-state index contributed by atoms with van der Waals surface area (Å²) in [5.41, 5.74) is 0. The number of nitrogens with one attached hydrogen (secondary N) is 1. The van der Waals surface area contributed by atoms with E-state index in [1.807, 2.05) is 11.9 Å². The van der Waals surface area contributed by atoms with Crippen LogP contribution in [0.5, 0.6) is 0 Å². The van der Waals surface area contributed by atoms with Crippen LogP contribution >= 0.6 is 12.4 Å². The lowest BCUT2D eigenvalue weighted by Gasteiger charge is -2.35. The molecular weight excluding hydrogens is 354 g/mol. The van der Waals surface area contributed by atoms with Crippen molar-refractivity contribution in [2.24, 2.45) is 11.8 Å². The normalized spacial score (nSPS) is 35.9. The van der Waals surface area contributed by atoms with Gasteiger partial charge in [0.2, 0.25) is 17.7 Å². The highest BCUT2D eigenvalue weighted by Crippen LogP contribution is 2.38. The van der Waals surface area contributed by atoms with Crippen LogP contribution in [0.15, 0.2) is 0 Å². The quantitative estimate of drug-likeness (QED) is 0.750. The van der Waals surface area contributed by atoms with Crippen LogP contribution in [0.25, 0.3) is 0 Å². The number of hydrogen-bond donors (Lipinski definition) is 1. The monoisotopic (exact) mass is 383 g/mol. The van der Waals surface area contributed by atoms with E-state index in [0.717, 1.165) is 38.5 Å². The maximum absolute atomic E-state index is 12.6. The number of hydrogen-bond acceptors (Lipinski definition) is 4. The summed E-state index contributed by atoms with van der Waals surface area (Å²) in [7, 11) is 1.88. The molecule has 1 saturated carbocycles. The van der Waals surface area contributed by atoms with Crippen LogP contribution in [0.3, 0.4) is 0 Å². The predicted molar refractivity (Wildman–Crippen MR) is 99.8 cm³/mol. The van der Waals surface area contributed by atoms with Crippen molar-refractivity contribution in [1.82, 2.24) is 15.1 Å². The van der Waals surface area contributed by atoms with Gasteiger partial charge in [0.1, 0.15) is 0 Å². The van der Waals surface area contributed by atoms with Crippen molar-refractivity contribution in [1.29, 1.82) is 0 Å². The van der Waals surface area contributed by atoms with Crippen molar-refractivity contribution in [2.45, 2.75) is 75.9 Å². The number of nitrogens with zero attached hydrogens (tertiary/aromatic N) is 2. The molecule has 2 bridgehead atoms. The number of amides is 3. The summed E-state index contributed by atoms with van der Waals surface area (Å²) in [5, 5.41) is 3.60. The Morgan fingerprint density at radius 3 is 2.12 bits per heavy atom. The van der Waals surface area contributed by atoms with Crippen LogP contribution in [0.2, 0.25) is 0 Å². The highest BCUT2D eigenvalue weighted by Gasteiger charge is 2.48. The largest absolute Gasteiger partial charge is 0.343 e. The lowest BCUT2D eigenvalue weighted by Crippen LogP contribution is -2.49. The molecule has 4 atom stereocenters. The SMILES string of the molecule is CN(C(=O)CCN1C(=O)C2CCCCC2C1=O)C1CC2CCC(C1)N2.Cl. The molecule has 26 heavy (non-hydrogen) atoms. The van der Waals surface area contributed by atoms with Crippen molar-refractivity contribution in [2.75, 3.05) is 13.6 Å². The number of carbonyl (C=O) groups excluding carboxylic acids is 3. The molecule has 4 rings (SSSR count). The summed E-state index contributed by atoms with van der Waals surface area (Å²) in [6.45, 7) is 0.256. The van der Waals surface area contributed by atoms with Gasteiger partial charge in [0.15, 0.2) is 0 Å². The van der Waals surface area contributed by atoms with Gasteiger partial charge in [-0.15, -0.1) is 12.4 Å². The fourth-order valence-electron chi connectivity index (χ4n) is 5.38. The standard InChI is InChI=1S/C19H29N3O3.ClH/c1-21(14-10-12-6-7-13(11-14)20-12)17(23)8-9-22-18(24)15-4-2-3-5-16(15)19(22)25;/h12-16,20H,2-11H2,1H3;1H. The molecule has 3 aliphatic heterocycles. The van der Waals surface area contributed by atoms with Gasteiger partial charge < -0.3 is 10.2 Å². The van der Waals surface area contributed by atoms with Crippen LogP contribution in [0, 0.1) is 11.8 Å². The average molecular weight is 384 g/mol. The lowest BCUT2D eigenvalue weighted by molar-refractivity contribution is -0.141. The minimum absolute atomic E-state index is 0. The second kappa shape index (κ2) is 7.85. The maximum atomic E-state index is 12.6. The van der Waals surface area contributed by atoms with E-state index in [2.05, 4.69) is 5.32 Å². The van der Waals surface area contributed by atoms with E-state index in [9.17, 15) is 14.4 Å². The molecule has 3 saturated heterocycles. The van der Waals surface area contributed by atoms with E-state index in [1.54, 1.807) is 0 Å². The summed E-state index contributed by atoms with van der Waals surface area (Å²) in [6.07, 6.45) is 8.45. The van der Waals surface area contributed by atoms with Crippen molar-refractivity contribution in [3.8, 4) is 0 Å². The van der Waals surface area contributed by atoms with Crippen LogP contribution < -0.4 is 5.32 Å². The molecule has 6 nitrogen and oxygen atoms in total. The van der Waals surface area contributed by atoms with Crippen molar-refractivity contribution in [3.63, 3.8) is 0 Å². The fourth-order valence-corrected chi connectivity index (χ4v) is 5.38. The zero-order valence-electron chi connectivity index (χ0n) is 15.5. The first-order valence-corrected chi connectivity index (χ1v) is 9.91. The van der Waals surface area contributed by atoms with Crippen molar-refractivity contribution >= 4 is 30.1 Å². The second-order valence-electron chi connectivity index (χ2n) is 8.34. The van der Waals surface area contributed by atoms with Gasteiger partial charge in [-0.1, -0.05) is 12.8 Å². The molecule has 0 aromatic heterocycles. The molecule has 0 spiro atoms. The summed E-state index contributed by atoms with van der Waals surface area (Å²) in [4.78, 5) is 40.9. The first kappa shape index (κ1) is 19.6. The van der Waals surface area contributed by atoms with E-state index < -0.39 is 0 Å². The van der Waals surface area contributed by atoms with Crippen LogP contribution in [0.4, 0.5) is 0 Å². The lowest BCUT2D eigenvalue weighted by atomic mass is 9.81. The van der Waals surface area contributed by atoms with Crippen molar-refractivity contribution < 1.29 is 14.4 Å². The molecule has 3 amide bonds. The Labute approximate surface area is 161 Å². The predicted octanol–water partition coefficient (Wildman–Crippen LogP) is 1.71. The van der Waals surface area contributed by atoms with Crippen LogP contribution in [0.1, 0.15) is 57.8 Å². The highest BCUT2D eigenvalue weighted by molar-refractivity contribution is 6.05.